The molecule has 0 aliphatic rings. The van der Waals surface area contributed by atoms with Gasteiger partial charge in [-0.3, -0.25) is 0 Å². The second-order valence-corrected chi connectivity index (χ2v) is 6.77. The average Bonchev–Trinajstić information content (AvgIpc) is 2.39. The largest absolute Gasteiger partial charge is 0.537 e. The SMILES string of the molecule is CO[Si](OC)(OC)c1cccc(C(F)(F)F)c1C(F)(F)F. The van der Waals surface area contributed by atoms with Crippen LogP contribution in [-0.4, -0.2) is 30.1 Å². The maximum atomic E-state index is 13.1. The van der Waals surface area contributed by atoms with Gasteiger partial charge >= 0.3 is 21.2 Å². The van der Waals surface area contributed by atoms with E-state index in [2.05, 4.69) is 0 Å². The van der Waals surface area contributed by atoms with Crippen LogP contribution in [0.4, 0.5) is 26.3 Å². The second kappa shape index (κ2) is 5.95. The first-order valence-corrected chi connectivity index (χ1v) is 7.19. The quantitative estimate of drug-likeness (QED) is 0.626. The van der Waals surface area contributed by atoms with Gasteiger partial charge in [0.05, 0.1) is 11.1 Å². The monoisotopic (exact) mass is 334 g/mol. The van der Waals surface area contributed by atoms with Crippen molar-refractivity contribution >= 4 is 14.0 Å². The Morgan fingerprint density at radius 1 is 0.810 bits per heavy atom. The van der Waals surface area contributed by atoms with Crippen LogP contribution in [0.15, 0.2) is 18.2 Å². The van der Waals surface area contributed by atoms with Crippen LogP contribution >= 0.6 is 0 Å². The molecule has 0 aliphatic heterocycles. The summed E-state index contributed by atoms with van der Waals surface area (Å²) in [5.41, 5.74) is -3.66. The summed E-state index contributed by atoms with van der Waals surface area (Å²) >= 11 is 0. The predicted molar refractivity (Wildman–Crippen MR) is 62.9 cm³/mol. The molecule has 0 radical (unpaired) electrons. The van der Waals surface area contributed by atoms with Gasteiger partial charge in [0.25, 0.3) is 0 Å². The number of hydrogen-bond donors (Lipinski definition) is 0. The lowest BCUT2D eigenvalue weighted by molar-refractivity contribution is -0.161. The van der Waals surface area contributed by atoms with E-state index in [9.17, 15) is 26.3 Å². The Bertz CT molecular complexity index is 487. The Kier molecular flexibility index (Phi) is 5.08. The first kappa shape index (κ1) is 17.9. The summed E-state index contributed by atoms with van der Waals surface area (Å²) in [4.78, 5) is 0. The molecule has 0 N–H and O–H groups in total. The molecule has 120 valence electrons. The molecule has 1 aromatic carbocycles. The van der Waals surface area contributed by atoms with E-state index < -0.39 is 37.5 Å². The van der Waals surface area contributed by atoms with Gasteiger partial charge in [-0.1, -0.05) is 12.1 Å². The molecular formula is C11H12F6O3Si. The molecule has 0 heterocycles. The lowest BCUT2D eigenvalue weighted by atomic mass is 10.1. The lowest BCUT2D eigenvalue weighted by Crippen LogP contribution is -2.57. The van der Waals surface area contributed by atoms with Gasteiger partial charge in [0.15, 0.2) is 0 Å². The van der Waals surface area contributed by atoms with E-state index in [-0.39, 0.29) is 0 Å². The van der Waals surface area contributed by atoms with E-state index in [4.69, 9.17) is 13.3 Å². The van der Waals surface area contributed by atoms with Crippen molar-refractivity contribution in [3.63, 3.8) is 0 Å². The smallest absolute Gasteiger partial charge is 0.373 e. The fourth-order valence-electron chi connectivity index (χ4n) is 1.93. The molecule has 0 saturated carbocycles. The molecule has 10 heteroatoms. The normalized spacial score (nSPS) is 13.6. The first-order valence-electron chi connectivity index (χ1n) is 5.47. The molecular weight excluding hydrogens is 322 g/mol. The van der Waals surface area contributed by atoms with E-state index >= 15 is 0 Å². The average molecular weight is 334 g/mol. The molecule has 0 atom stereocenters. The number of benzene rings is 1. The van der Waals surface area contributed by atoms with Gasteiger partial charge < -0.3 is 13.3 Å². The van der Waals surface area contributed by atoms with Crippen LogP contribution in [-0.2, 0) is 25.6 Å². The third-order valence-electron chi connectivity index (χ3n) is 2.79. The molecule has 1 rings (SSSR count). The predicted octanol–water partition coefficient (Wildman–Crippen LogP) is 2.81. The lowest BCUT2D eigenvalue weighted by Gasteiger charge is -2.28. The molecule has 0 bridgehead atoms. The summed E-state index contributed by atoms with van der Waals surface area (Å²) < 4.78 is 92.5. The van der Waals surface area contributed by atoms with Crippen LogP contribution in [0.1, 0.15) is 11.1 Å². The van der Waals surface area contributed by atoms with Crippen molar-refractivity contribution in [1.82, 2.24) is 0 Å². The highest BCUT2D eigenvalue weighted by atomic mass is 28.4. The minimum Gasteiger partial charge on any atom is -0.373 e. The van der Waals surface area contributed by atoms with Crippen molar-refractivity contribution in [2.24, 2.45) is 0 Å². The molecule has 0 aliphatic carbocycles. The molecule has 3 nitrogen and oxygen atoms in total. The summed E-state index contributed by atoms with van der Waals surface area (Å²) in [5.74, 6) is 0. The topological polar surface area (TPSA) is 27.7 Å². The summed E-state index contributed by atoms with van der Waals surface area (Å²) in [6.45, 7) is 0. The molecule has 0 aromatic heterocycles. The van der Waals surface area contributed by atoms with Crippen molar-refractivity contribution in [3.8, 4) is 0 Å². The maximum absolute atomic E-state index is 13.1. The van der Waals surface area contributed by atoms with Crippen LogP contribution in [0.25, 0.3) is 0 Å². The van der Waals surface area contributed by atoms with Crippen LogP contribution in [0, 0.1) is 0 Å². The number of alkyl halides is 6. The maximum Gasteiger partial charge on any atom is 0.537 e. The van der Waals surface area contributed by atoms with E-state index in [1.165, 1.54) is 0 Å². The van der Waals surface area contributed by atoms with Crippen molar-refractivity contribution in [2.45, 2.75) is 12.4 Å². The molecule has 1 aromatic rings. The zero-order valence-electron chi connectivity index (χ0n) is 11.2. The van der Waals surface area contributed by atoms with Gasteiger partial charge in [0.2, 0.25) is 0 Å². The fraction of sp³-hybridized carbons (Fsp3) is 0.455. The third-order valence-corrected chi connectivity index (χ3v) is 5.48. The van der Waals surface area contributed by atoms with Crippen molar-refractivity contribution < 1.29 is 39.6 Å². The van der Waals surface area contributed by atoms with Gasteiger partial charge in [-0.15, -0.1) is 0 Å². The Hall–Kier alpha value is -1.10. The first-order chi connectivity index (χ1) is 9.53. The summed E-state index contributed by atoms with van der Waals surface area (Å²) in [5, 5.41) is -0.780. The van der Waals surface area contributed by atoms with Crippen LogP contribution in [0.3, 0.4) is 0 Å². The van der Waals surface area contributed by atoms with Crippen molar-refractivity contribution in [1.29, 1.82) is 0 Å². The summed E-state index contributed by atoms with van der Waals surface area (Å²) in [6.07, 6.45) is -10.4. The minimum atomic E-state index is -5.24. The Morgan fingerprint density at radius 3 is 1.62 bits per heavy atom. The number of rotatable bonds is 4. The molecule has 0 amide bonds. The summed E-state index contributed by atoms with van der Waals surface area (Å²) in [7, 11) is -1.04. The second-order valence-electron chi connectivity index (χ2n) is 3.89. The molecule has 0 fully saturated rings. The fourth-order valence-corrected chi connectivity index (χ4v) is 3.97. The standard InChI is InChI=1S/C11H12F6O3Si/c1-18-21(19-2,20-3)8-6-4-5-7(10(12,13)14)9(8)11(15,16)17/h4-6H,1-3H3. The van der Waals surface area contributed by atoms with Gasteiger partial charge in [-0.05, 0) is 6.07 Å². The van der Waals surface area contributed by atoms with Crippen LogP contribution in [0.2, 0.25) is 0 Å². The van der Waals surface area contributed by atoms with Crippen LogP contribution < -0.4 is 5.19 Å². The van der Waals surface area contributed by atoms with Gasteiger partial charge in [-0.2, -0.15) is 26.3 Å². The Morgan fingerprint density at radius 2 is 1.29 bits per heavy atom. The molecule has 0 saturated heterocycles. The third kappa shape index (κ3) is 3.39. The number of halogens is 6. The zero-order chi connectivity index (χ0) is 16.5. The summed E-state index contributed by atoms with van der Waals surface area (Å²) in [6, 6.07) is 2.07. The highest BCUT2D eigenvalue weighted by Crippen LogP contribution is 2.40. The Labute approximate surface area is 117 Å². The van der Waals surface area contributed by atoms with Gasteiger partial charge in [0.1, 0.15) is 0 Å². The van der Waals surface area contributed by atoms with Crippen molar-refractivity contribution in [3.05, 3.63) is 29.3 Å². The number of hydrogen-bond acceptors (Lipinski definition) is 3. The highest BCUT2D eigenvalue weighted by molar-refractivity contribution is 6.75. The molecule has 0 unspecified atom stereocenters. The van der Waals surface area contributed by atoms with Gasteiger partial charge in [0, 0.05) is 26.5 Å². The van der Waals surface area contributed by atoms with E-state index in [0.29, 0.717) is 6.07 Å². The Balaban J connectivity index is 3.76. The van der Waals surface area contributed by atoms with Crippen molar-refractivity contribution in [2.75, 3.05) is 21.3 Å². The van der Waals surface area contributed by atoms with E-state index in [1.807, 2.05) is 0 Å². The minimum absolute atomic E-state index is 0.354. The zero-order valence-corrected chi connectivity index (χ0v) is 12.2. The molecule has 21 heavy (non-hydrogen) atoms. The molecule has 0 spiro atoms. The highest BCUT2D eigenvalue weighted by Gasteiger charge is 2.52. The van der Waals surface area contributed by atoms with Crippen LogP contribution in [0.5, 0.6) is 0 Å². The van der Waals surface area contributed by atoms with E-state index in [0.717, 1.165) is 33.5 Å². The van der Waals surface area contributed by atoms with E-state index in [1.54, 1.807) is 0 Å². The van der Waals surface area contributed by atoms with Gasteiger partial charge in [-0.25, -0.2) is 0 Å².